The third-order valence-electron chi connectivity index (χ3n) is 3.11. The first kappa shape index (κ1) is 55.8. The zero-order chi connectivity index (χ0) is 28.5. The summed E-state index contributed by atoms with van der Waals surface area (Å²) in [4.78, 5) is 119. The van der Waals surface area contributed by atoms with E-state index in [-0.39, 0.29) is 90.2 Å². The predicted octanol–water partition coefficient (Wildman–Crippen LogP) is -12.1. The van der Waals surface area contributed by atoms with Crippen LogP contribution in [0, 0.1) is 0 Å². The summed E-state index contributed by atoms with van der Waals surface area (Å²) in [6.45, 7) is 0.400. The number of aliphatic hydroxyl groups is 3. The monoisotopic (exact) mass is 714 g/mol. The van der Waals surface area contributed by atoms with Crippen molar-refractivity contribution in [3.8, 4) is 0 Å². The summed E-state index contributed by atoms with van der Waals surface area (Å²) in [5, 5.41) is 14.0. The fourth-order valence-corrected chi connectivity index (χ4v) is 4.05. The van der Waals surface area contributed by atoms with Crippen LogP contribution in [0.1, 0.15) is 20.8 Å². The molecule has 3 N–H and O–H groups in total. The van der Waals surface area contributed by atoms with Crippen molar-refractivity contribution in [1.29, 1.82) is 0 Å². The van der Waals surface area contributed by atoms with Gasteiger partial charge in [-0.05, 0) is 66.3 Å². The zero-order valence-corrected chi connectivity index (χ0v) is 28.2. The predicted molar refractivity (Wildman–Crippen MR) is 101 cm³/mol. The standard InChI is InChI=1S/3C2H8O7P2.4Al/c3*1-2(3,10(4,5)6)11(7,8)9;;;;/h3*3H,1H3,(H2,4,5,6)(H2,7,8,9);;;;/q;;;4*+3/p-12. The van der Waals surface area contributed by atoms with Crippen LogP contribution in [0.3, 0.4) is 0 Å². The van der Waals surface area contributed by atoms with Crippen LogP contribution in [0.25, 0.3) is 0 Å². The van der Waals surface area contributed by atoms with Crippen LogP contribution in [0.5, 0.6) is 0 Å². The van der Waals surface area contributed by atoms with Gasteiger partial charge in [-0.2, -0.15) is 0 Å². The van der Waals surface area contributed by atoms with Crippen LogP contribution in [0.15, 0.2) is 0 Å². The molecule has 0 heterocycles. The fraction of sp³-hybridized carbons (Fsp3) is 1.00. The van der Waals surface area contributed by atoms with Gasteiger partial charge in [0.25, 0.3) is 0 Å². The van der Waals surface area contributed by atoms with Crippen LogP contribution < -0.4 is 58.7 Å². The molecule has 0 fully saturated rings. The molecule has 0 spiro atoms. The number of rotatable bonds is 6. The first-order valence-electron chi connectivity index (χ1n) is 6.80. The van der Waals surface area contributed by atoms with Gasteiger partial charge in [0.05, 0.1) is 0 Å². The topological polar surface area (TPSA) is 440 Å². The van der Waals surface area contributed by atoms with Crippen molar-refractivity contribution in [2.75, 3.05) is 0 Å². The van der Waals surface area contributed by atoms with Crippen LogP contribution in [0.2, 0.25) is 0 Å². The van der Waals surface area contributed by atoms with Crippen LogP contribution in [-0.4, -0.2) is 100 Å². The van der Waals surface area contributed by atoms with Gasteiger partial charge in [0, 0.05) is 0 Å². The second-order valence-corrected chi connectivity index (χ2v) is 18.2. The van der Waals surface area contributed by atoms with Crippen molar-refractivity contribution < 1.29 is 101 Å². The summed E-state index contributed by atoms with van der Waals surface area (Å²) in [6, 6.07) is 0. The molecule has 21 nitrogen and oxygen atoms in total. The summed E-state index contributed by atoms with van der Waals surface area (Å²) in [6.07, 6.45) is 0. The van der Waals surface area contributed by atoms with Crippen LogP contribution >= 0.6 is 45.6 Å². The Bertz CT molecular complexity index is 762. The second kappa shape index (κ2) is 17.3. The molecule has 0 saturated carbocycles. The second-order valence-electron chi connectivity index (χ2n) is 5.90. The van der Waals surface area contributed by atoms with Gasteiger partial charge in [-0.3, -0.25) is 0 Å². The van der Waals surface area contributed by atoms with Crippen molar-refractivity contribution in [2.45, 2.75) is 36.0 Å². The minimum atomic E-state index is -5.82. The van der Waals surface area contributed by atoms with Gasteiger partial charge in [-0.1, -0.05) is 0 Å². The van der Waals surface area contributed by atoms with E-state index in [0.717, 1.165) is 0 Å². The molecule has 0 atom stereocenters. The third-order valence-corrected chi connectivity index (χ3v) is 13.7. The molecule has 0 bridgehead atoms. The molecular weight excluding hydrogens is 702 g/mol. The molecule has 37 heavy (non-hydrogen) atoms. The quantitative estimate of drug-likeness (QED) is 0.170. The van der Waals surface area contributed by atoms with Crippen molar-refractivity contribution in [3.05, 3.63) is 0 Å². The first-order valence-corrected chi connectivity index (χ1v) is 16.1. The van der Waals surface area contributed by atoms with Crippen molar-refractivity contribution in [1.82, 2.24) is 0 Å². The van der Waals surface area contributed by atoms with Crippen LogP contribution in [-0.2, 0) is 27.4 Å². The molecule has 0 aliphatic carbocycles. The van der Waals surface area contributed by atoms with E-state index in [9.17, 15) is 86.1 Å². The molecule has 0 aromatic carbocycles. The Balaban J connectivity index is -0.0000000692. The van der Waals surface area contributed by atoms with Crippen molar-refractivity contribution in [3.63, 3.8) is 0 Å². The van der Waals surface area contributed by atoms with Gasteiger partial charge >= 0.3 is 69.4 Å². The molecule has 0 aromatic heterocycles. The SMILES string of the molecule is CC(O)(P(=O)([O-])[O-])P(=O)([O-])[O-].CC(O)(P(=O)([O-])[O-])P(=O)([O-])[O-].CC(O)(P(=O)([O-])[O-])P(=O)([O-])[O-].[Al+3].[Al+3].[Al+3].[Al+3]. The Hall–Kier alpha value is 2.91. The van der Waals surface area contributed by atoms with Gasteiger partial charge < -0.3 is 101 Å². The van der Waals surface area contributed by atoms with Crippen LogP contribution in [0.4, 0.5) is 0 Å². The molecule has 0 aliphatic heterocycles. The Kier molecular flexibility index (Phi) is 26.0. The molecule has 0 amide bonds. The largest absolute Gasteiger partial charge is 3.00 e. The summed E-state index contributed by atoms with van der Waals surface area (Å²) in [5.74, 6) is 0. The fourth-order valence-electron chi connectivity index (χ4n) is 0.450. The Morgan fingerprint density at radius 3 is 0.405 bits per heavy atom. The van der Waals surface area contributed by atoms with E-state index in [1.54, 1.807) is 0 Å². The Morgan fingerprint density at radius 2 is 0.405 bits per heavy atom. The molecule has 204 valence electrons. The van der Waals surface area contributed by atoms with Crippen molar-refractivity contribution >= 4 is 115 Å². The minimum Gasteiger partial charge on any atom is -0.808 e. The third kappa shape index (κ3) is 16.4. The average Bonchev–Trinajstić information content (AvgIpc) is 2.41. The molecule has 0 radical (unpaired) electrons. The molecule has 0 saturated heterocycles. The van der Waals surface area contributed by atoms with Gasteiger partial charge in [0.15, 0.2) is 0 Å². The van der Waals surface area contributed by atoms with E-state index in [1.807, 2.05) is 0 Å². The minimum absolute atomic E-state index is 0. The van der Waals surface area contributed by atoms with Crippen molar-refractivity contribution in [2.24, 2.45) is 0 Å². The van der Waals surface area contributed by atoms with E-state index >= 15 is 0 Å². The van der Waals surface area contributed by atoms with Gasteiger partial charge in [-0.25, -0.2) is 0 Å². The van der Waals surface area contributed by atoms with E-state index in [4.69, 9.17) is 15.3 Å². The summed E-state index contributed by atoms with van der Waals surface area (Å²) < 4.78 is 59.7. The molecule has 0 rings (SSSR count). The van der Waals surface area contributed by atoms with E-state index in [1.165, 1.54) is 0 Å². The smallest absolute Gasteiger partial charge is 0.808 e. The Morgan fingerprint density at radius 1 is 0.351 bits per heavy atom. The summed E-state index contributed by atoms with van der Waals surface area (Å²) >= 11 is 0. The molecule has 0 aromatic rings. The van der Waals surface area contributed by atoms with Gasteiger partial charge in [-0.15, -0.1) is 0 Å². The normalized spacial score (nSPS) is 13.5. The summed E-state index contributed by atoms with van der Waals surface area (Å²) in [7, 11) is -34.9. The Labute approximate surface area is 251 Å². The molecule has 31 heteroatoms. The summed E-state index contributed by atoms with van der Waals surface area (Å²) in [5.41, 5.74) is 0. The molecule has 0 unspecified atom stereocenters. The van der Waals surface area contributed by atoms with E-state index in [2.05, 4.69) is 0 Å². The van der Waals surface area contributed by atoms with E-state index < -0.39 is 60.8 Å². The molecular formula is C6H12Al4O21P6. The van der Waals surface area contributed by atoms with E-state index in [0.29, 0.717) is 0 Å². The maximum Gasteiger partial charge on any atom is 3.00 e. The zero-order valence-electron chi connectivity index (χ0n) is 18.2. The maximum absolute atomic E-state index is 9.95. The maximum atomic E-state index is 9.95. The first-order chi connectivity index (χ1) is 13.5. The number of hydrogen-bond donors (Lipinski definition) is 3. The molecule has 0 aliphatic rings. The van der Waals surface area contributed by atoms with Gasteiger partial charge in [0.2, 0.25) is 0 Å². The van der Waals surface area contributed by atoms with Gasteiger partial charge in [0.1, 0.15) is 15.2 Å². The number of hydrogen-bond acceptors (Lipinski definition) is 21. The average molecular weight is 714 g/mol.